The van der Waals surface area contributed by atoms with Gasteiger partial charge in [-0.05, 0) is 21.0 Å². The normalized spacial score (nSPS) is 14.2. The predicted octanol–water partition coefficient (Wildman–Crippen LogP) is -0.665. The standard InChI is InChI=1S/C10H21N3O4/c1-7(6-13(2)3)12-10(16)11-5-8(17-4)9(14)15/h7-8H,5-6H2,1-4H3,(H,14,15)(H2,11,12,16). The van der Waals surface area contributed by atoms with Crippen LogP contribution in [0.4, 0.5) is 4.79 Å². The molecule has 0 bridgehead atoms. The molecular formula is C10H21N3O4. The van der Waals surface area contributed by atoms with Crippen molar-refractivity contribution in [2.24, 2.45) is 0 Å². The second-order valence-electron chi connectivity index (χ2n) is 4.08. The molecule has 0 aromatic carbocycles. The van der Waals surface area contributed by atoms with Gasteiger partial charge < -0.3 is 25.4 Å². The van der Waals surface area contributed by atoms with Crippen molar-refractivity contribution in [2.45, 2.75) is 19.1 Å². The summed E-state index contributed by atoms with van der Waals surface area (Å²) in [6.07, 6.45) is -1.02. The van der Waals surface area contributed by atoms with E-state index in [0.717, 1.165) is 0 Å². The van der Waals surface area contributed by atoms with E-state index in [2.05, 4.69) is 15.4 Å². The number of hydrogen-bond acceptors (Lipinski definition) is 4. The summed E-state index contributed by atoms with van der Waals surface area (Å²) >= 11 is 0. The number of ether oxygens (including phenoxy) is 1. The first kappa shape index (κ1) is 15.7. The van der Waals surface area contributed by atoms with Gasteiger partial charge in [0.05, 0.1) is 6.54 Å². The van der Waals surface area contributed by atoms with Gasteiger partial charge in [-0.15, -0.1) is 0 Å². The Labute approximate surface area is 101 Å². The van der Waals surface area contributed by atoms with Gasteiger partial charge >= 0.3 is 12.0 Å². The molecule has 2 amide bonds. The Bertz CT molecular complexity index is 258. The number of carboxylic acid groups (broad SMARTS) is 1. The second kappa shape index (κ2) is 7.86. The highest BCUT2D eigenvalue weighted by molar-refractivity contribution is 5.77. The van der Waals surface area contributed by atoms with E-state index in [1.165, 1.54) is 7.11 Å². The van der Waals surface area contributed by atoms with Crippen LogP contribution in [0.1, 0.15) is 6.92 Å². The van der Waals surface area contributed by atoms with E-state index >= 15 is 0 Å². The smallest absolute Gasteiger partial charge is 0.334 e. The monoisotopic (exact) mass is 247 g/mol. The van der Waals surface area contributed by atoms with E-state index in [1.54, 1.807) is 0 Å². The summed E-state index contributed by atoms with van der Waals surface area (Å²) in [5.41, 5.74) is 0. The van der Waals surface area contributed by atoms with Crippen molar-refractivity contribution in [2.75, 3.05) is 34.3 Å². The molecule has 0 spiro atoms. The summed E-state index contributed by atoms with van der Waals surface area (Å²) in [5, 5.41) is 13.8. The largest absolute Gasteiger partial charge is 0.479 e. The first-order valence-electron chi connectivity index (χ1n) is 5.31. The molecule has 0 saturated heterocycles. The number of carbonyl (C=O) groups is 2. The molecule has 2 unspecified atom stereocenters. The Balaban J connectivity index is 3.90. The minimum Gasteiger partial charge on any atom is -0.479 e. The number of nitrogens with one attached hydrogen (secondary N) is 2. The van der Waals surface area contributed by atoms with Gasteiger partial charge in [0.2, 0.25) is 0 Å². The van der Waals surface area contributed by atoms with Crippen molar-refractivity contribution < 1.29 is 19.4 Å². The topological polar surface area (TPSA) is 90.9 Å². The van der Waals surface area contributed by atoms with Gasteiger partial charge in [-0.3, -0.25) is 0 Å². The number of hydrogen-bond donors (Lipinski definition) is 3. The number of likely N-dealkylation sites (N-methyl/N-ethyl adjacent to an activating group) is 1. The Morgan fingerprint density at radius 3 is 2.41 bits per heavy atom. The van der Waals surface area contributed by atoms with Crippen LogP contribution >= 0.6 is 0 Å². The highest BCUT2D eigenvalue weighted by atomic mass is 16.5. The van der Waals surface area contributed by atoms with Crippen molar-refractivity contribution in [3.63, 3.8) is 0 Å². The summed E-state index contributed by atoms with van der Waals surface area (Å²) in [7, 11) is 5.09. The summed E-state index contributed by atoms with van der Waals surface area (Å²) in [6.45, 7) is 2.51. The Morgan fingerprint density at radius 1 is 1.41 bits per heavy atom. The van der Waals surface area contributed by atoms with Gasteiger partial charge in [0.15, 0.2) is 6.10 Å². The Hall–Kier alpha value is -1.34. The zero-order valence-corrected chi connectivity index (χ0v) is 10.7. The van der Waals surface area contributed by atoms with E-state index < -0.39 is 18.1 Å². The van der Waals surface area contributed by atoms with Crippen LogP contribution in [-0.2, 0) is 9.53 Å². The van der Waals surface area contributed by atoms with E-state index in [4.69, 9.17) is 5.11 Å². The third-order valence-electron chi connectivity index (χ3n) is 2.02. The average Bonchev–Trinajstić information content (AvgIpc) is 2.16. The molecule has 0 aromatic rings. The molecule has 0 rings (SSSR count). The zero-order valence-electron chi connectivity index (χ0n) is 10.7. The molecule has 0 aliphatic carbocycles. The van der Waals surface area contributed by atoms with Crippen molar-refractivity contribution in [3.05, 3.63) is 0 Å². The number of methoxy groups -OCH3 is 1. The van der Waals surface area contributed by atoms with Crippen LogP contribution in [0.3, 0.4) is 0 Å². The molecule has 3 N–H and O–H groups in total. The third-order valence-corrected chi connectivity index (χ3v) is 2.02. The summed E-state index contributed by atoms with van der Waals surface area (Å²) in [4.78, 5) is 23.9. The van der Waals surface area contributed by atoms with Crippen LogP contribution in [0.2, 0.25) is 0 Å². The van der Waals surface area contributed by atoms with Crippen molar-refractivity contribution >= 4 is 12.0 Å². The number of carboxylic acids is 1. The number of nitrogens with zero attached hydrogens (tertiary/aromatic N) is 1. The van der Waals surface area contributed by atoms with Crippen LogP contribution in [-0.4, -0.2) is 68.4 Å². The van der Waals surface area contributed by atoms with Crippen molar-refractivity contribution in [1.29, 1.82) is 0 Å². The molecule has 100 valence electrons. The predicted molar refractivity (Wildman–Crippen MR) is 63.0 cm³/mol. The van der Waals surface area contributed by atoms with E-state index in [1.807, 2.05) is 25.9 Å². The minimum absolute atomic E-state index is 0.0178. The summed E-state index contributed by atoms with van der Waals surface area (Å²) < 4.78 is 4.68. The molecule has 17 heavy (non-hydrogen) atoms. The summed E-state index contributed by atoms with van der Waals surface area (Å²) in [6, 6.07) is -0.418. The van der Waals surface area contributed by atoms with Gasteiger partial charge in [0.25, 0.3) is 0 Å². The molecule has 0 aliphatic rings. The first-order valence-corrected chi connectivity index (χ1v) is 5.31. The number of rotatable bonds is 7. The SMILES string of the molecule is COC(CNC(=O)NC(C)CN(C)C)C(=O)O. The summed E-state index contributed by atoms with van der Waals surface area (Å²) in [5.74, 6) is -1.10. The zero-order chi connectivity index (χ0) is 13.4. The fourth-order valence-corrected chi connectivity index (χ4v) is 1.33. The third kappa shape index (κ3) is 7.53. The second-order valence-corrected chi connectivity index (χ2v) is 4.08. The molecule has 0 aromatic heterocycles. The fraction of sp³-hybridized carbons (Fsp3) is 0.800. The highest BCUT2D eigenvalue weighted by Crippen LogP contribution is 1.89. The molecular weight excluding hydrogens is 226 g/mol. The van der Waals surface area contributed by atoms with E-state index in [-0.39, 0.29) is 12.6 Å². The van der Waals surface area contributed by atoms with Gasteiger partial charge in [-0.2, -0.15) is 0 Å². The Morgan fingerprint density at radius 2 is 2.00 bits per heavy atom. The lowest BCUT2D eigenvalue weighted by Gasteiger charge is -2.19. The van der Waals surface area contributed by atoms with Crippen molar-refractivity contribution in [3.8, 4) is 0 Å². The average molecular weight is 247 g/mol. The molecule has 0 saturated carbocycles. The van der Waals surface area contributed by atoms with Crippen LogP contribution in [0.5, 0.6) is 0 Å². The first-order chi connectivity index (χ1) is 7.86. The molecule has 2 atom stereocenters. The van der Waals surface area contributed by atoms with E-state index in [0.29, 0.717) is 6.54 Å². The van der Waals surface area contributed by atoms with Gasteiger partial charge in [-0.25, -0.2) is 9.59 Å². The van der Waals surface area contributed by atoms with Crippen LogP contribution < -0.4 is 10.6 Å². The maximum Gasteiger partial charge on any atom is 0.334 e. The number of amides is 2. The van der Waals surface area contributed by atoms with Crippen molar-refractivity contribution in [1.82, 2.24) is 15.5 Å². The molecule has 0 fully saturated rings. The lowest BCUT2D eigenvalue weighted by Crippen LogP contribution is -2.47. The number of urea groups is 1. The number of carbonyl (C=O) groups excluding carboxylic acids is 1. The minimum atomic E-state index is -1.10. The lowest BCUT2D eigenvalue weighted by molar-refractivity contribution is -0.147. The Kier molecular flexibility index (Phi) is 7.24. The van der Waals surface area contributed by atoms with Gasteiger partial charge in [-0.1, -0.05) is 0 Å². The molecule has 0 radical (unpaired) electrons. The highest BCUT2D eigenvalue weighted by Gasteiger charge is 2.17. The van der Waals surface area contributed by atoms with Gasteiger partial charge in [0.1, 0.15) is 0 Å². The molecule has 7 heteroatoms. The molecule has 0 heterocycles. The maximum atomic E-state index is 11.4. The number of aliphatic carboxylic acids is 1. The van der Waals surface area contributed by atoms with Gasteiger partial charge in [0, 0.05) is 19.7 Å². The fourth-order valence-electron chi connectivity index (χ4n) is 1.33. The molecule has 0 aliphatic heterocycles. The van der Waals surface area contributed by atoms with Crippen LogP contribution in [0, 0.1) is 0 Å². The molecule has 7 nitrogen and oxygen atoms in total. The maximum absolute atomic E-state index is 11.4. The van der Waals surface area contributed by atoms with Crippen LogP contribution in [0.15, 0.2) is 0 Å². The quantitative estimate of drug-likeness (QED) is 0.555. The van der Waals surface area contributed by atoms with E-state index in [9.17, 15) is 9.59 Å². The lowest BCUT2D eigenvalue weighted by atomic mass is 10.3. The van der Waals surface area contributed by atoms with Crippen LogP contribution in [0.25, 0.3) is 0 Å².